The third-order valence-corrected chi connectivity index (χ3v) is 4.61. The van der Waals surface area contributed by atoms with Gasteiger partial charge in [-0.15, -0.1) is 0 Å². The number of hydrogen-bond acceptors (Lipinski definition) is 5. The van der Waals surface area contributed by atoms with E-state index in [9.17, 15) is 4.79 Å². The predicted molar refractivity (Wildman–Crippen MR) is 96.1 cm³/mol. The molecule has 136 valence electrons. The van der Waals surface area contributed by atoms with Crippen LogP contribution in [0.4, 0.5) is 0 Å². The highest BCUT2D eigenvalue weighted by Gasteiger charge is 2.21. The van der Waals surface area contributed by atoms with Gasteiger partial charge in [-0.3, -0.25) is 4.79 Å². The molecule has 0 bridgehead atoms. The SMILES string of the molecule is O=C(NCCc1cc(Cl)c2c(c1)OCCO2)c1cc(Cl)c2c(c1)OCO2. The fraction of sp³-hybridized carbons (Fsp3) is 0.278. The summed E-state index contributed by atoms with van der Waals surface area (Å²) in [7, 11) is 0. The summed E-state index contributed by atoms with van der Waals surface area (Å²) in [5, 5.41) is 3.71. The van der Waals surface area contributed by atoms with E-state index in [0.717, 1.165) is 5.56 Å². The number of hydrogen-bond donors (Lipinski definition) is 1. The maximum Gasteiger partial charge on any atom is 0.251 e. The quantitative estimate of drug-likeness (QED) is 0.858. The van der Waals surface area contributed by atoms with Crippen LogP contribution in [0.2, 0.25) is 10.0 Å². The topological polar surface area (TPSA) is 66.0 Å². The first-order valence-electron chi connectivity index (χ1n) is 8.07. The van der Waals surface area contributed by atoms with Gasteiger partial charge in [0.25, 0.3) is 5.91 Å². The van der Waals surface area contributed by atoms with Gasteiger partial charge in [0.2, 0.25) is 6.79 Å². The van der Waals surface area contributed by atoms with Crippen molar-refractivity contribution in [2.75, 3.05) is 26.6 Å². The molecule has 2 aliphatic rings. The molecule has 0 spiro atoms. The third kappa shape index (κ3) is 3.34. The Morgan fingerprint density at radius 2 is 1.65 bits per heavy atom. The van der Waals surface area contributed by atoms with Crippen LogP contribution in [0.5, 0.6) is 23.0 Å². The van der Waals surface area contributed by atoms with Crippen LogP contribution in [0.3, 0.4) is 0 Å². The lowest BCUT2D eigenvalue weighted by Crippen LogP contribution is -2.25. The number of carbonyl (C=O) groups is 1. The molecule has 8 heteroatoms. The van der Waals surface area contributed by atoms with Crippen LogP contribution in [0.15, 0.2) is 24.3 Å². The van der Waals surface area contributed by atoms with Gasteiger partial charge in [-0.2, -0.15) is 0 Å². The molecule has 1 N–H and O–H groups in total. The highest BCUT2D eigenvalue weighted by Crippen LogP contribution is 2.40. The van der Waals surface area contributed by atoms with Gasteiger partial charge in [-0.25, -0.2) is 0 Å². The average molecular weight is 396 g/mol. The highest BCUT2D eigenvalue weighted by atomic mass is 35.5. The van der Waals surface area contributed by atoms with Gasteiger partial charge in [0.15, 0.2) is 23.0 Å². The lowest BCUT2D eigenvalue weighted by Gasteiger charge is -2.20. The summed E-state index contributed by atoms with van der Waals surface area (Å²) in [6, 6.07) is 6.87. The van der Waals surface area contributed by atoms with Gasteiger partial charge >= 0.3 is 0 Å². The maximum absolute atomic E-state index is 12.3. The molecule has 6 nitrogen and oxygen atoms in total. The normalized spacial score (nSPS) is 14.2. The summed E-state index contributed by atoms with van der Waals surface area (Å²) in [4.78, 5) is 12.3. The summed E-state index contributed by atoms with van der Waals surface area (Å²) in [5.41, 5.74) is 1.36. The summed E-state index contributed by atoms with van der Waals surface area (Å²) < 4.78 is 21.6. The number of carbonyl (C=O) groups excluding carboxylic acids is 1. The lowest BCUT2D eigenvalue weighted by molar-refractivity contribution is 0.0953. The summed E-state index contributed by atoms with van der Waals surface area (Å²) in [6.45, 7) is 1.51. The molecule has 2 heterocycles. The number of ether oxygens (including phenoxy) is 4. The fourth-order valence-electron chi connectivity index (χ4n) is 2.83. The van der Waals surface area contributed by atoms with Crippen LogP contribution in [0.1, 0.15) is 15.9 Å². The first kappa shape index (κ1) is 17.1. The molecule has 0 fully saturated rings. The molecule has 0 unspecified atom stereocenters. The zero-order chi connectivity index (χ0) is 18.1. The van der Waals surface area contributed by atoms with Crippen molar-refractivity contribution in [3.63, 3.8) is 0 Å². The molecule has 1 amide bonds. The molecule has 4 rings (SSSR count). The minimum Gasteiger partial charge on any atom is -0.486 e. The largest absolute Gasteiger partial charge is 0.486 e. The molecule has 2 aliphatic heterocycles. The molecule has 2 aromatic carbocycles. The Labute approximate surface area is 159 Å². The summed E-state index contributed by atoms with van der Waals surface area (Å²) in [5.74, 6) is 1.90. The van der Waals surface area contributed by atoms with Gasteiger partial charge in [-0.1, -0.05) is 23.2 Å². The molecule has 0 aliphatic carbocycles. The Morgan fingerprint density at radius 1 is 0.923 bits per heavy atom. The van der Waals surface area contributed by atoms with Gasteiger partial charge in [-0.05, 0) is 36.2 Å². The first-order valence-corrected chi connectivity index (χ1v) is 8.83. The van der Waals surface area contributed by atoms with Crippen LogP contribution >= 0.6 is 23.2 Å². The Bertz CT molecular complexity index is 871. The van der Waals surface area contributed by atoms with E-state index in [2.05, 4.69) is 5.32 Å². The van der Waals surface area contributed by atoms with Crippen molar-refractivity contribution >= 4 is 29.1 Å². The second-order valence-electron chi connectivity index (χ2n) is 5.80. The van der Waals surface area contributed by atoms with Crippen LogP contribution in [0, 0.1) is 0 Å². The number of fused-ring (bicyclic) bond motifs is 2. The number of benzene rings is 2. The van der Waals surface area contributed by atoms with Crippen LogP contribution in [-0.4, -0.2) is 32.5 Å². The zero-order valence-corrected chi connectivity index (χ0v) is 15.2. The van der Waals surface area contributed by atoms with Crippen molar-refractivity contribution in [3.05, 3.63) is 45.4 Å². The number of halogens is 2. The number of nitrogens with one attached hydrogen (secondary N) is 1. The van der Waals surface area contributed by atoms with Crippen LogP contribution in [0.25, 0.3) is 0 Å². The first-order chi connectivity index (χ1) is 12.6. The van der Waals surface area contributed by atoms with Crippen molar-refractivity contribution in [2.45, 2.75) is 6.42 Å². The van der Waals surface area contributed by atoms with E-state index >= 15 is 0 Å². The zero-order valence-electron chi connectivity index (χ0n) is 13.6. The standard InChI is InChI=1S/C18H15Cl2NO5/c19-12-5-10(6-14-16(12)24-4-3-23-14)1-2-21-18(22)11-7-13(20)17-15(8-11)25-9-26-17/h5-8H,1-4,9H2,(H,21,22). The molecular weight excluding hydrogens is 381 g/mol. The van der Waals surface area contributed by atoms with Gasteiger partial charge < -0.3 is 24.3 Å². The monoisotopic (exact) mass is 395 g/mol. The fourth-order valence-corrected chi connectivity index (χ4v) is 3.38. The minimum absolute atomic E-state index is 0.102. The van der Waals surface area contributed by atoms with E-state index in [1.165, 1.54) is 0 Å². The summed E-state index contributed by atoms with van der Waals surface area (Å²) >= 11 is 12.3. The number of rotatable bonds is 4. The van der Waals surface area contributed by atoms with Crippen molar-refractivity contribution in [1.29, 1.82) is 0 Å². The molecule has 2 aromatic rings. The Balaban J connectivity index is 1.40. The smallest absolute Gasteiger partial charge is 0.251 e. The molecule has 0 radical (unpaired) electrons. The van der Waals surface area contributed by atoms with Gasteiger partial charge in [0.1, 0.15) is 13.2 Å². The van der Waals surface area contributed by atoms with E-state index in [4.69, 9.17) is 42.1 Å². The van der Waals surface area contributed by atoms with E-state index in [1.807, 2.05) is 12.1 Å². The van der Waals surface area contributed by atoms with E-state index in [-0.39, 0.29) is 12.7 Å². The van der Waals surface area contributed by atoms with Crippen molar-refractivity contribution in [2.24, 2.45) is 0 Å². The van der Waals surface area contributed by atoms with Crippen LogP contribution in [-0.2, 0) is 6.42 Å². The molecule has 0 aromatic heterocycles. The Kier molecular flexibility index (Phi) is 4.70. The van der Waals surface area contributed by atoms with E-state index < -0.39 is 0 Å². The lowest BCUT2D eigenvalue weighted by atomic mass is 10.1. The molecule has 0 saturated heterocycles. The van der Waals surface area contributed by atoms with Gasteiger partial charge in [0.05, 0.1) is 10.0 Å². The van der Waals surface area contributed by atoms with E-state index in [1.54, 1.807) is 12.1 Å². The average Bonchev–Trinajstić information content (AvgIpc) is 3.11. The maximum atomic E-state index is 12.3. The Hall–Kier alpha value is -2.31. The minimum atomic E-state index is -0.242. The Morgan fingerprint density at radius 3 is 2.54 bits per heavy atom. The molecule has 26 heavy (non-hydrogen) atoms. The highest BCUT2D eigenvalue weighted by molar-refractivity contribution is 6.33. The van der Waals surface area contributed by atoms with Crippen molar-refractivity contribution in [3.8, 4) is 23.0 Å². The second-order valence-corrected chi connectivity index (χ2v) is 6.61. The molecule has 0 atom stereocenters. The predicted octanol–water partition coefficient (Wildman–Crippen LogP) is 3.47. The van der Waals surface area contributed by atoms with Crippen LogP contribution < -0.4 is 24.3 Å². The number of amides is 1. The van der Waals surface area contributed by atoms with E-state index in [0.29, 0.717) is 64.8 Å². The van der Waals surface area contributed by atoms with Crippen molar-refractivity contribution < 1.29 is 23.7 Å². The van der Waals surface area contributed by atoms with Gasteiger partial charge in [0, 0.05) is 12.1 Å². The molecule has 0 saturated carbocycles. The molecular formula is C18H15Cl2NO5. The summed E-state index contributed by atoms with van der Waals surface area (Å²) in [6.07, 6.45) is 0.598. The second kappa shape index (κ2) is 7.13. The van der Waals surface area contributed by atoms with Crippen molar-refractivity contribution in [1.82, 2.24) is 5.32 Å². The third-order valence-electron chi connectivity index (χ3n) is 4.05.